The molecule has 2 aromatic rings. The standard InChI is InChI=1S/C19H23F2N2O2P.C7H10F2O/c1-3-5-13(4-2)17-14(12-24)10-11-22-18(17)23-15-6-8-16(9-7-15)25-19(20,21)26;1-2-3-6(10)4-5-7(8)9/h5-11,24H,3-4,12,26H2,1-2H3,(H,22,23);4-5,7H,2-3H2,1H3/b13-5+;5-4+. The molecule has 1 aromatic carbocycles. The van der Waals surface area contributed by atoms with Gasteiger partial charge < -0.3 is 15.2 Å². The smallest absolute Gasteiger partial charge is 0.408 e. The molecule has 2 rings (SSSR count). The summed E-state index contributed by atoms with van der Waals surface area (Å²) >= 11 is 0. The first-order valence-corrected chi connectivity index (χ1v) is 12.1. The van der Waals surface area contributed by atoms with Crippen LogP contribution < -0.4 is 10.1 Å². The minimum Gasteiger partial charge on any atom is -0.430 e. The van der Waals surface area contributed by atoms with Gasteiger partial charge in [0, 0.05) is 23.9 Å². The molecule has 0 aliphatic heterocycles. The van der Waals surface area contributed by atoms with Crippen molar-refractivity contribution in [2.75, 3.05) is 5.32 Å². The number of alkyl halides is 4. The highest BCUT2D eigenvalue weighted by Gasteiger charge is 2.23. The second-order valence-electron chi connectivity index (χ2n) is 7.57. The second-order valence-corrected chi connectivity index (χ2v) is 8.24. The number of halogens is 4. The van der Waals surface area contributed by atoms with E-state index in [1.165, 1.54) is 21.4 Å². The third-order valence-electron chi connectivity index (χ3n) is 4.66. The molecule has 0 fully saturated rings. The summed E-state index contributed by atoms with van der Waals surface area (Å²) in [7, 11) is 1.34. The fourth-order valence-electron chi connectivity index (χ4n) is 3.17. The molecule has 0 bridgehead atoms. The van der Waals surface area contributed by atoms with Gasteiger partial charge in [0.1, 0.15) is 11.6 Å². The van der Waals surface area contributed by atoms with E-state index in [4.69, 9.17) is 0 Å². The molecule has 0 saturated heterocycles. The first-order valence-electron chi connectivity index (χ1n) is 11.5. The van der Waals surface area contributed by atoms with Gasteiger partial charge >= 0.3 is 5.85 Å². The number of hydrogen-bond donors (Lipinski definition) is 2. The summed E-state index contributed by atoms with van der Waals surface area (Å²) in [5, 5.41) is 12.9. The molecule has 5 nitrogen and oxygen atoms in total. The summed E-state index contributed by atoms with van der Waals surface area (Å²) in [6.45, 7) is 5.84. The number of benzene rings is 1. The zero-order valence-electron chi connectivity index (χ0n) is 20.6. The quantitative estimate of drug-likeness (QED) is 0.170. The van der Waals surface area contributed by atoms with Crippen molar-refractivity contribution in [3.63, 3.8) is 0 Å². The van der Waals surface area contributed by atoms with E-state index in [2.05, 4.69) is 35.0 Å². The maximum Gasteiger partial charge on any atom is 0.408 e. The van der Waals surface area contributed by atoms with Crippen LogP contribution in [0, 0.1) is 0 Å². The highest BCUT2D eigenvalue weighted by Crippen LogP contribution is 2.32. The lowest BCUT2D eigenvalue weighted by Gasteiger charge is -2.17. The lowest BCUT2D eigenvalue weighted by Crippen LogP contribution is -2.14. The van der Waals surface area contributed by atoms with Crippen LogP contribution in [-0.2, 0) is 11.4 Å². The van der Waals surface area contributed by atoms with Gasteiger partial charge in [-0.05, 0) is 82.1 Å². The Labute approximate surface area is 211 Å². The summed E-state index contributed by atoms with van der Waals surface area (Å²) in [5.41, 5.74) is 3.43. The average molecular weight is 529 g/mol. The molecule has 0 radical (unpaired) electrons. The van der Waals surface area contributed by atoms with Gasteiger partial charge in [0.05, 0.1) is 6.61 Å². The van der Waals surface area contributed by atoms with Crippen molar-refractivity contribution in [3.8, 4) is 5.75 Å². The average Bonchev–Trinajstić information content (AvgIpc) is 2.82. The number of aromatic nitrogens is 1. The number of aliphatic hydroxyl groups excluding tert-OH is 1. The van der Waals surface area contributed by atoms with Gasteiger partial charge in [-0.25, -0.2) is 13.8 Å². The molecule has 198 valence electrons. The number of carbonyl (C=O) groups excluding carboxylic acids is 1. The number of ether oxygens (including phenoxy) is 1. The zero-order chi connectivity index (χ0) is 27.1. The Morgan fingerprint density at radius 2 is 1.86 bits per heavy atom. The number of rotatable bonds is 12. The summed E-state index contributed by atoms with van der Waals surface area (Å²) < 4.78 is 53.0. The van der Waals surface area contributed by atoms with E-state index in [-0.39, 0.29) is 18.1 Å². The third-order valence-corrected chi connectivity index (χ3v) is 4.77. The van der Waals surface area contributed by atoms with E-state index in [1.807, 2.05) is 6.92 Å². The number of carbonyl (C=O) groups is 1. The lowest BCUT2D eigenvalue weighted by molar-refractivity contribution is -0.114. The molecular formula is C26H33F4N2O3P. The molecule has 1 aromatic heterocycles. The number of anilines is 2. The van der Waals surface area contributed by atoms with Gasteiger partial charge in [-0.1, -0.05) is 26.8 Å². The lowest BCUT2D eigenvalue weighted by atomic mass is 9.98. The number of pyridine rings is 1. The summed E-state index contributed by atoms with van der Waals surface area (Å²) in [6.07, 6.45) is 5.50. The van der Waals surface area contributed by atoms with Gasteiger partial charge in [-0.2, -0.15) is 8.78 Å². The monoisotopic (exact) mass is 528 g/mol. The minimum absolute atomic E-state index is 0.0629. The first kappa shape index (κ1) is 31.3. The van der Waals surface area contributed by atoms with Crippen LogP contribution in [0.25, 0.3) is 5.57 Å². The number of allylic oxidation sites excluding steroid dienone is 4. The number of aliphatic hydroxyl groups is 1. The molecule has 0 amide bonds. The second kappa shape index (κ2) is 16.1. The van der Waals surface area contributed by atoms with E-state index in [0.717, 1.165) is 35.6 Å². The normalized spacial score (nSPS) is 11.9. The Morgan fingerprint density at radius 1 is 1.19 bits per heavy atom. The van der Waals surface area contributed by atoms with E-state index in [0.29, 0.717) is 30.4 Å². The van der Waals surface area contributed by atoms with Gasteiger partial charge in [-0.15, -0.1) is 0 Å². The fourth-order valence-corrected chi connectivity index (χ4v) is 3.30. The van der Waals surface area contributed by atoms with Crippen LogP contribution in [0.5, 0.6) is 5.75 Å². The van der Waals surface area contributed by atoms with Crippen LogP contribution in [0.15, 0.2) is 54.8 Å². The van der Waals surface area contributed by atoms with Crippen molar-refractivity contribution in [2.45, 2.75) is 65.3 Å². The summed E-state index contributed by atoms with van der Waals surface area (Å²) in [4.78, 5) is 14.9. The number of nitrogens with zero attached hydrogens (tertiary/aromatic N) is 1. The predicted molar refractivity (Wildman–Crippen MR) is 139 cm³/mol. The molecule has 1 atom stereocenters. The van der Waals surface area contributed by atoms with Gasteiger partial charge in [-0.3, -0.25) is 4.79 Å². The number of hydrogen-bond acceptors (Lipinski definition) is 5. The summed E-state index contributed by atoms with van der Waals surface area (Å²) in [5.74, 6) is -2.86. The van der Waals surface area contributed by atoms with Crippen molar-refractivity contribution in [1.29, 1.82) is 0 Å². The molecule has 10 heteroatoms. The molecule has 0 aliphatic rings. The van der Waals surface area contributed by atoms with E-state index in [9.17, 15) is 27.5 Å². The zero-order valence-corrected chi connectivity index (χ0v) is 21.8. The Balaban J connectivity index is 0.000000548. The number of nitrogens with one attached hydrogen (secondary N) is 1. The Hall–Kier alpha value is -2.77. The third kappa shape index (κ3) is 11.8. The molecule has 0 spiro atoms. The molecular weight excluding hydrogens is 495 g/mol. The fraction of sp³-hybridized carbons (Fsp3) is 0.385. The van der Waals surface area contributed by atoms with Crippen LogP contribution in [-0.4, -0.2) is 28.1 Å². The molecule has 0 saturated carbocycles. The SMILES string of the molecule is CC/C=C(\CC)c1c(CO)ccnc1Nc1ccc(OC(F)(F)P)cc1.CCCC(=O)/C=C/C(F)F. The highest BCUT2D eigenvalue weighted by molar-refractivity contribution is 7.17. The van der Waals surface area contributed by atoms with Crippen LogP contribution in [0.1, 0.15) is 57.6 Å². The Kier molecular flexibility index (Phi) is 14.0. The Bertz CT molecular complexity index is 1010. The van der Waals surface area contributed by atoms with Crippen molar-refractivity contribution in [1.82, 2.24) is 4.98 Å². The predicted octanol–water partition coefficient (Wildman–Crippen LogP) is 7.50. The maximum absolute atomic E-state index is 12.9. The van der Waals surface area contributed by atoms with Gasteiger partial charge in [0.25, 0.3) is 6.43 Å². The van der Waals surface area contributed by atoms with Crippen molar-refractivity contribution >= 4 is 32.1 Å². The summed E-state index contributed by atoms with van der Waals surface area (Å²) in [6, 6.07) is 7.98. The molecule has 2 N–H and O–H groups in total. The van der Waals surface area contributed by atoms with Gasteiger partial charge in [0.15, 0.2) is 5.78 Å². The van der Waals surface area contributed by atoms with Gasteiger partial charge in [0.2, 0.25) is 0 Å². The molecule has 36 heavy (non-hydrogen) atoms. The molecule has 1 heterocycles. The van der Waals surface area contributed by atoms with Crippen LogP contribution in [0.2, 0.25) is 0 Å². The Morgan fingerprint density at radius 3 is 2.36 bits per heavy atom. The van der Waals surface area contributed by atoms with Crippen molar-refractivity contribution in [2.24, 2.45) is 0 Å². The topological polar surface area (TPSA) is 71.5 Å². The van der Waals surface area contributed by atoms with E-state index in [1.54, 1.807) is 24.4 Å². The van der Waals surface area contributed by atoms with Crippen LogP contribution in [0.4, 0.5) is 29.1 Å². The highest BCUT2D eigenvalue weighted by atomic mass is 31.0. The minimum atomic E-state index is -3.31. The van der Waals surface area contributed by atoms with Crippen molar-refractivity contribution < 1.29 is 32.2 Å². The first-order chi connectivity index (χ1) is 17.0. The van der Waals surface area contributed by atoms with Crippen molar-refractivity contribution in [3.05, 3.63) is 65.9 Å². The molecule has 0 aliphatic carbocycles. The largest absolute Gasteiger partial charge is 0.430 e. The van der Waals surface area contributed by atoms with Crippen LogP contribution in [0.3, 0.4) is 0 Å². The number of ketones is 1. The van der Waals surface area contributed by atoms with Crippen LogP contribution >= 0.6 is 9.24 Å². The molecule has 1 unspecified atom stereocenters. The van der Waals surface area contributed by atoms with E-state index < -0.39 is 12.3 Å². The van der Waals surface area contributed by atoms with E-state index >= 15 is 0 Å². The maximum atomic E-state index is 12.9.